The van der Waals surface area contributed by atoms with Gasteiger partial charge in [0.1, 0.15) is 0 Å². The van der Waals surface area contributed by atoms with E-state index in [9.17, 15) is 4.79 Å². The summed E-state index contributed by atoms with van der Waals surface area (Å²) in [7, 11) is 0. The minimum atomic E-state index is -0.219. The summed E-state index contributed by atoms with van der Waals surface area (Å²) in [6.07, 6.45) is 3.29. The molecule has 108 valence electrons. The minimum Gasteiger partial charge on any atom is -0.307 e. The van der Waals surface area contributed by atoms with Crippen molar-refractivity contribution in [1.82, 2.24) is 4.98 Å². The lowest BCUT2D eigenvalue weighted by Crippen LogP contribution is -2.30. The van der Waals surface area contributed by atoms with Crippen LogP contribution in [0.1, 0.15) is 0 Å². The second-order valence-electron chi connectivity index (χ2n) is 4.67. The van der Waals surface area contributed by atoms with Gasteiger partial charge in [0, 0.05) is 18.1 Å². The fraction of sp³-hybridized carbons (Fsp3) is 0. The molecule has 0 aliphatic carbocycles. The van der Waals surface area contributed by atoms with Crippen molar-refractivity contribution >= 4 is 23.1 Å². The summed E-state index contributed by atoms with van der Waals surface area (Å²) in [6, 6.07) is 22.4. The van der Waals surface area contributed by atoms with Gasteiger partial charge in [0.25, 0.3) is 0 Å². The molecule has 0 saturated carbocycles. The molecule has 0 atom stereocenters. The summed E-state index contributed by atoms with van der Waals surface area (Å²) < 4.78 is 0. The zero-order valence-electron chi connectivity index (χ0n) is 11.9. The van der Waals surface area contributed by atoms with Gasteiger partial charge in [-0.25, -0.2) is 4.79 Å². The van der Waals surface area contributed by atoms with E-state index in [1.807, 2.05) is 60.7 Å². The van der Waals surface area contributed by atoms with E-state index in [2.05, 4.69) is 10.3 Å². The van der Waals surface area contributed by atoms with Crippen LogP contribution in [0, 0.1) is 0 Å². The maximum absolute atomic E-state index is 12.7. The maximum Gasteiger partial charge on any atom is 0.330 e. The van der Waals surface area contributed by atoms with Crippen LogP contribution in [0.3, 0.4) is 0 Å². The molecule has 0 spiro atoms. The Morgan fingerprint density at radius 1 is 0.773 bits per heavy atom. The number of para-hydroxylation sites is 2. The van der Waals surface area contributed by atoms with E-state index in [0.29, 0.717) is 5.69 Å². The predicted molar refractivity (Wildman–Crippen MR) is 88.3 cm³/mol. The zero-order chi connectivity index (χ0) is 15.2. The van der Waals surface area contributed by atoms with Crippen LogP contribution in [0.15, 0.2) is 85.2 Å². The second-order valence-corrected chi connectivity index (χ2v) is 4.67. The number of pyridine rings is 1. The number of carbonyl (C=O) groups is 1. The van der Waals surface area contributed by atoms with Crippen LogP contribution in [0.4, 0.5) is 21.9 Å². The van der Waals surface area contributed by atoms with E-state index in [1.165, 1.54) is 0 Å². The summed E-state index contributed by atoms with van der Waals surface area (Å²) in [5, 5.41) is 2.89. The molecule has 1 N–H and O–H groups in total. The summed E-state index contributed by atoms with van der Waals surface area (Å²) in [4.78, 5) is 18.3. The number of urea groups is 1. The zero-order valence-corrected chi connectivity index (χ0v) is 11.9. The van der Waals surface area contributed by atoms with E-state index in [4.69, 9.17) is 0 Å². The summed E-state index contributed by atoms with van der Waals surface area (Å²) in [5.74, 6) is 0. The van der Waals surface area contributed by atoms with Crippen molar-refractivity contribution in [2.75, 3.05) is 10.2 Å². The summed E-state index contributed by atoms with van der Waals surface area (Å²) >= 11 is 0. The first-order chi connectivity index (χ1) is 10.8. The molecular formula is C18H15N3O. The number of aromatic nitrogens is 1. The van der Waals surface area contributed by atoms with Gasteiger partial charge in [0.2, 0.25) is 0 Å². The number of carbonyl (C=O) groups excluding carboxylic acids is 1. The van der Waals surface area contributed by atoms with Crippen LogP contribution in [-0.4, -0.2) is 11.0 Å². The highest BCUT2D eigenvalue weighted by Gasteiger charge is 2.17. The highest BCUT2D eigenvalue weighted by Crippen LogP contribution is 2.25. The van der Waals surface area contributed by atoms with Gasteiger partial charge in [0.05, 0.1) is 11.4 Å². The third kappa shape index (κ3) is 3.12. The van der Waals surface area contributed by atoms with E-state index in [1.54, 1.807) is 29.4 Å². The van der Waals surface area contributed by atoms with Crippen molar-refractivity contribution in [1.29, 1.82) is 0 Å². The molecule has 3 aromatic rings. The molecular weight excluding hydrogens is 274 g/mol. The Morgan fingerprint density at radius 2 is 1.27 bits per heavy atom. The molecule has 22 heavy (non-hydrogen) atoms. The average Bonchev–Trinajstić information content (AvgIpc) is 2.58. The molecule has 1 aromatic heterocycles. The van der Waals surface area contributed by atoms with Crippen LogP contribution >= 0.6 is 0 Å². The third-order valence-electron chi connectivity index (χ3n) is 3.16. The van der Waals surface area contributed by atoms with E-state index >= 15 is 0 Å². The van der Waals surface area contributed by atoms with Crippen LogP contribution in [0.2, 0.25) is 0 Å². The number of nitrogens with one attached hydrogen (secondary N) is 1. The van der Waals surface area contributed by atoms with Crippen LogP contribution < -0.4 is 10.2 Å². The molecule has 0 saturated heterocycles. The van der Waals surface area contributed by atoms with Crippen molar-refractivity contribution < 1.29 is 4.79 Å². The Hall–Kier alpha value is -3.14. The lowest BCUT2D eigenvalue weighted by atomic mass is 10.2. The molecule has 0 aliphatic rings. The molecule has 0 fully saturated rings. The number of hydrogen-bond acceptors (Lipinski definition) is 2. The van der Waals surface area contributed by atoms with Gasteiger partial charge < -0.3 is 5.32 Å². The first-order valence-corrected chi connectivity index (χ1v) is 6.96. The number of nitrogens with zero attached hydrogens (tertiary/aromatic N) is 2. The topological polar surface area (TPSA) is 45.2 Å². The SMILES string of the molecule is O=C(Nc1ccncc1)N(c1ccccc1)c1ccccc1. The number of benzene rings is 2. The first-order valence-electron chi connectivity index (χ1n) is 6.96. The predicted octanol–water partition coefficient (Wildman–Crippen LogP) is 4.45. The molecule has 2 aromatic carbocycles. The fourth-order valence-corrected chi connectivity index (χ4v) is 2.15. The molecule has 4 nitrogen and oxygen atoms in total. The average molecular weight is 289 g/mol. The minimum absolute atomic E-state index is 0.219. The van der Waals surface area contributed by atoms with Gasteiger partial charge in [-0.1, -0.05) is 36.4 Å². The number of rotatable bonds is 3. The molecule has 0 bridgehead atoms. The Balaban J connectivity index is 1.94. The van der Waals surface area contributed by atoms with Gasteiger partial charge >= 0.3 is 6.03 Å². The van der Waals surface area contributed by atoms with Crippen molar-refractivity contribution in [3.8, 4) is 0 Å². The second kappa shape index (κ2) is 6.54. The van der Waals surface area contributed by atoms with Crippen LogP contribution in [-0.2, 0) is 0 Å². The molecule has 2 amide bonds. The van der Waals surface area contributed by atoms with Gasteiger partial charge in [-0.15, -0.1) is 0 Å². The lowest BCUT2D eigenvalue weighted by molar-refractivity contribution is 0.259. The molecule has 0 aliphatic heterocycles. The summed E-state index contributed by atoms with van der Waals surface area (Å²) in [5.41, 5.74) is 2.32. The fourth-order valence-electron chi connectivity index (χ4n) is 2.15. The molecule has 4 heteroatoms. The monoisotopic (exact) mass is 289 g/mol. The van der Waals surface area contributed by atoms with Crippen molar-refractivity contribution in [3.05, 3.63) is 85.2 Å². The van der Waals surface area contributed by atoms with E-state index < -0.39 is 0 Å². The van der Waals surface area contributed by atoms with E-state index in [-0.39, 0.29) is 6.03 Å². The quantitative estimate of drug-likeness (QED) is 0.774. The van der Waals surface area contributed by atoms with Crippen LogP contribution in [0.25, 0.3) is 0 Å². The smallest absolute Gasteiger partial charge is 0.307 e. The normalized spacial score (nSPS) is 10.0. The Kier molecular flexibility index (Phi) is 4.11. The third-order valence-corrected chi connectivity index (χ3v) is 3.16. The first kappa shape index (κ1) is 13.8. The number of hydrogen-bond donors (Lipinski definition) is 1. The molecule has 3 rings (SSSR count). The van der Waals surface area contributed by atoms with Gasteiger partial charge in [-0.3, -0.25) is 9.88 Å². The number of anilines is 3. The van der Waals surface area contributed by atoms with Gasteiger partial charge in [-0.05, 0) is 36.4 Å². The lowest BCUT2D eigenvalue weighted by Gasteiger charge is -2.23. The molecule has 0 unspecified atom stereocenters. The van der Waals surface area contributed by atoms with Crippen molar-refractivity contribution in [3.63, 3.8) is 0 Å². The van der Waals surface area contributed by atoms with Crippen molar-refractivity contribution in [2.24, 2.45) is 0 Å². The molecule has 1 heterocycles. The van der Waals surface area contributed by atoms with Gasteiger partial charge in [0.15, 0.2) is 0 Å². The Morgan fingerprint density at radius 3 is 1.77 bits per heavy atom. The molecule has 0 radical (unpaired) electrons. The van der Waals surface area contributed by atoms with Crippen molar-refractivity contribution in [2.45, 2.75) is 0 Å². The Bertz CT molecular complexity index is 691. The van der Waals surface area contributed by atoms with E-state index in [0.717, 1.165) is 11.4 Å². The highest BCUT2D eigenvalue weighted by atomic mass is 16.2. The summed E-state index contributed by atoms with van der Waals surface area (Å²) in [6.45, 7) is 0. The Labute approximate surface area is 129 Å². The standard InChI is InChI=1S/C18H15N3O/c22-18(20-15-11-13-19-14-12-15)21(16-7-3-1-4-8-16)17-9-5-2-6-10-17/h1-14H,(H,19,20,22). The van der Waals surface area contributed by atoms with Crippen LogP contribution in [0.5, 0.6) is 0 Å². The van der Waals surface area contributed by atoms with Gasteiger partial charge in [-0.2, -0.15) is 0 Å². The maximum atomic E-state index is 12.7. The largest absolute Gasteiger partial charge is 0.330 e. The number of amides is 2. The highest BCUT2D eigenvalue weighted by molar-refractivity contribution is 6.06.